The summed E-state index contributed by atoms with van der Waals surface area (Å²) in [6.45, 7) is 2.06. The largest absolute Gasteiger partial charge is 0.507 e. The van der Waals surface area contributed by atoms with Crippen molar-refractivity contribution in [3.63, 3.8) is 0 Å². The third kappa shape index (κ3) is 4.49. The second-order valence-electron chi connectivity index (χ2n) is 4.66. The molecule has 5 nitrogen and oxygen atoms in total. The van der Waals surface area contributed by atoms with Crippen molar-refractivity contribution < 1.29 is 9.90 Å². The highest BCUT2D eigenvalue weighted by molar-refractivity contribution is 6.30. The van der Waals surface area contributed by atoms with E-state index in [9.17, 15) is 9.90 Å². The maximum absolute atomic E-state index is 11.7. The van der Waals surface area contributed by atoms with E-state index in [1.165, 1.54) is 12.3 Å². The minimum Gasteiger partial charge on any atom is -0.507 e. The number of rotatable bonds is 5. The van der Waals surface area contributed by atoms with Crippen molar-refractivity contribution >= 4 is 29.4 Å². The lowest BCUT2D eigenvalue weighted by atomic mass is 10.2. The monoisotopic (exact) mass is 317 g/mol. The molecule has 2 rings (SSSR count). The summed E-state index contributed by atoms with van der Waals surface area (Å²) in [7, 11) is 0. The number of phenols is 1. The number of hydrazone groups is 1. The van der Waals surface area contributed by atoms with Gasteiger partial charge in [0.1, 0.15) is 5.75 Å². The van der Waals surface area contributed by atoms with Gasteiger partial charge in [-0.1, -0.05) is 29.8 Å². The summed E-state index contributed by atoms with van der Waals surface area (Å²) < 4.78 is 0. The Kier molecular flexibility index (Phi) is 5.38. The van der Waals surface area contributed by atoms with Gasteiger partial charge in [-0.15, -0.1) is 0 Å². The minimum absolute atomic E-state index is 0.0421. The maximum Gasteiger partial charge on any atom is 0.259 e. The number of carbonyl (C=O) groups is 1. The lowest BCUT2D eigenvalue weighted by Crippen LogP contribution is -2.26. The van der Waals surface area contributed by atoms with E-state index in [1.54, 1.807) is 12.1 Å². The first-order chi connectivity index (χ1) is 10.6. The standard InChI is InChI=1S/C16H16ClN3O2/c1-11-4-2-3-5-14(11)18-10-16(22)20-19-9-12-8-13(17)6-7-15(12)21/h2-9,18,21H,10H2,1H3,(H,20,22)/b19-9-. The number of anilines is 1. The van der Waals surface area contributed by atoms with Crippen molar-refractivity contribution in [2.45, 2.75) is 6.92 Å². The number of para-hydroxylation sites is 1. The zero-order chi connectivity index (χ0) is 15.9. The van der Waals surface area contributed by atoms with E-state index in [2.05, 4.69) is 15.8 Å². The predicted molar refractivity (Wildman–Crippen MR) is 88.5 cm³/mol. The fraction of sp³-hybridized carbons (Fsp3) is 0.125. The fourth-order valence-electron chi connectivity index (χ4n) is 1.79. The molecular weight excluding hydrogens is 302 g/mol. The molecule has 6 heteroatoms. The maximum atomic E-state index is 11.7. The van der Waals surface area contributed by atoms with Crippen LogP contribution in [0.2, 0.25) is 5.02 Å². The molecule has 0 atom stereocenters. The molecule has 0 saturated heterocycles. The molecule has 1 amide bonds. The first-order valence-corrected chi connectivity index (χ1v) is 7.04. The molecule has 0 heterocycles. The van der Waals surface area contributed by atoms with E-state index in [0.29, 0.717) is 10.6 Å². The lowest BCUT2D eigenvalue weighted by Gasteiger charge is -2.07. The second-order valence-corrected chi connectivity index (χ2v) is 5.10. The number of phenolic OH excluding ortho intramolecular Hbond substituents is 1. The summed E-state index contributed by atoms with van der Waals surface area (Å²) in [5.41, 5.74) is 4.77. The smallest absolute Gasteiger partial charge is 0.259 e. The molecule has 3 N–H and O–H groups in total. The van der Waals surface area contributed by atoms with Crippen molar-refractivity contribution in [1.29, 1.82) is 0 Å². The summed E-state index contributed by atoms with van der Waals surface area (Å²) in [4.78, 5) is 11.7. The Morgan fingerprint density at radius 2 is 2.09 bits per heavy atom. The van der Waals surface area contributed by atoms with E-state index in [1.807, 2.05) is 31.2 Å². The number of hydrogen-bond donors (Lipinski definition) is 3. The average Bonchev–Trinajstić information content (AvgIpc) is 2.50. The van der Waals surface area contributed by atoms with Crippen LogP contribution < -0.4 is 10.7 Å². The number of amides is 1. The second kappa shape index (κ2) is 7.47. The van der Waals surface area contributed by atoms with E-state index in [0.717, 1.165) is 11.3 Å². The van der Waals surface area contributed by atoms with E-state index in [4.69, 9.17) is 11.6 Å². The molecule has 0 radical (unpaired) electrons. The number of nitrogens with one attached hydrogen (secondary N) is 2. The number of halogens is 1. The molecule has 0 aliphatic carbocycles. The third-order valence-electron chi connectivity index (χ3n) is 2.97. The van der Waals surface area contributed by atoms with Crippen LogP contribution in [0.25, 0.3) is 0 Å². The summed E-state index contributed by atoms with van der Waals surface area (Å²) in [5.74, 6) is -0.249. The van der Waals surface area contributed by atoms with E-state index >= 15 is 0 Å². The Balaban J connectivity index is 1.86. The summed E-state index contributed by atoms with van der Waals surface area (Å²) in [6, 6.07) is 12.3. The molecule has 0 aliphatic heterocycles. The normalized spacial score (nSPS) is 10.6. The predicted octanol–water partition coefficient (Wildman–Crippen LogP) is 2.92. The van der Waals surface area contributed by atoms with Crippen LogP contribution in [0.1, 0.15) is 11.1 Å². The number of benzene rings is 2. The van der Waals surface area contributed by atoms with Gasteiger partial charge < -0.3 is 10.4 Å². The van der Waals surface area contributed by atoms with Crippen molar-refractivity contribution in [2.75, 3.05) is 11.9 Å². The van der Waals surface area contributed by atoms with Gasteiger partial charge in [0.15, 0.2) is 0 Å². The SMILES string of the molecule is Cc1ccccc1NCC(=O)N/N=C\c1cc(Cl)ccc1O. The third-order valence-corrected chi connectivity index (χ3v) is 3.20. The number of nitrogens with zero attached hydrogens (tertiary/aromatic N) is 1. The molecule has 0 fully saturated rings. The van der Waals surface area contributed by atoms with Crippen LogP contribution in [0.15, 0.2) is 47.6 Å². The van der Waals surface area contributed by atoms with Gasteiger partial charge in [0.05, 0.1) is 12.8 Å². The Hall–Kier alpha value is -2.53. The summed E-state index contributed by atoms with van der Waals surface area (Å²) in [6.07, 6.45) is 1.34. The molecule has 114 valence electrons. The molecule has 0 aliphatic rings. The first-order valence-electron chi connectivity index (χ1n) is 6.66. The molecule has 0 unspecified atom stereocenters. The zero-order valence-electron chi connectivity index (χ0n) is 12.0. The minimum atomic E-state index is -0.291. The number of aromatic hydroxyl groups is 1. The van der Waals surface area contributed by atoms with Gasteiger partial charge >= 0.3 is 0 Å². The highest BCUT2D eigenvalue weighted by Crippen LogP contribution is 2.19. The van der Waals surface area contributed by atoms with Gasteiger partial charge in [0.25, 0.3) is 5.91 Å². The van der Waals surface area contributed by atoms with Gasteiger partial charge in [-0.2, -0.15) is 5.10 Å². The molecule has 2 aromatic rings. The van der Waals surface area contributed by atoms with Crippen LogP contribution in [0, 0.1) is 6.92 Å². The highest BCUT2D eigenvalue weighted by atomic mass is 35.5. The molecule has 0 bridgehead atoms. The molecule has 0 spiro atoms. The van der Waals surface area contributed by atoms with Gasteiger partial charge in [-0.3, -0.25) is 4.79 Å². The van der Waals surface area contributed by atoms with Crippen molar-refractivity contribution in [3.05, 3.63) is 58.6 Å². The fourth-order valence-corrected chi connectivity index (χ4v) is 1.97. The molecule has 0 saturated carbocycles. The Bertz CT molecular complexity index is 702. The lowest BCUT2D eigenvalue weighted by molar-refractivity contribution is -0.119. The average molecular weight is 318 g/mol. The molecular formula is C16H16ClN3O2. The van der Waals surface area contributed by atoms with Crippen LogP contribution in [-0.4, -0.2) is 23.8 Å². The van der Waals surface area contributed by atoms with Crippen molar-refractivity contribution in [2.24, 2.45) is 5.10 Å². The molecule has 0 aromatic heterocycles. The van der Waals surface area contributed by atoms with Gasteiger partial charge in [0, 0.05) is 16.3 Å². The number of hydrogen-bond acceptors (Lipinski definition) is 4. The zero-order valence-corrected chi connectivity index (χ0v) is 12.8. The van der Waals surface area contributed by atoms with Gasteiger partial charge in [-0.25, -0.2) is 5.43 Å². The Morgan fingerprint density at radius 1 is 1.32 bits per heavy atom. The van der Waals surface area contributed by atoms with Crippen LogP contribution in [0.4, 0.5) is 5.69 Å². The molecule has 2 aromatic carbocycles. The van der Waals surface area contributed by atoms with Crippen LogP contribution in [0.3, 0.4) is 0 Å². The van der Waals surface area contributed by atoms with E-state index < -0.39 is 0 Å². The highest BCUT2D eigenvalue weighted by Gasteiger charge is 2.02. The topological polar surface area (TPSA) is 73.7 Å². The van der Waals surface area contributed by atoms with Crippen molar-refractivity contribution in [3.8, 4) is 5.75 Å². The summed E-state index contributed by atoms with van der Waals surface area (Å²) >= 11 is 5.82. The Morgan fingerprint density at radius 3 is 2.86 bits per heavy atom. The van der Waals surface area contributed by atoms with Crippen LogP contribution in [-0.2, 0) is 4.79 Å². The number of carbonyl (C=O) groups excluding carboxylic acids is 1. The first kappa shape index (κ1) is 15.9. The summed E-state index contributed by atoms with van der Waals surface area (Å²) in [5, 5.41) is 16.9. The van der Waals surface area contributed by atoms with Gasteiger partial charge in [-0.05, 0) is 36.8 Å². The van der Waals surface area contributed by atoms with Crippen LogP contribution in [0.5, 0.6) is 5.75 Å². The van der Waals surface area contributed by atoms with Crippen LogP contribution >= 0.6 is 11.6 Å². The molecule has 22 heavy (non-hydrogen) atoms. The quantitative estimate of drug-likeness (QED) is 0.586. The van der Waals surface area contributed by atoms with Gasteiger partial charge in [0.2, 0.25) is 0 Å². The van der Waals surface area contributed by atoms with E-state index in [-0.39, 0.29) is 18.2 Å². The number of aryl methyl sites for hydroxylation is 1. The van der Waals surface area contributed by atoms with Crippen molar-refractivity contribution in [1.82, 2.24) is 5.43 Å². The Labute approximate surface area is 133 Å².